The fourth-order valence-corrected chi connectivity index (χ4v) is 4.39. The van der Waals surface area contributed by atoms with Crippen molar-refractivity contribution in [1.82, 2.24) is 15.1 Å². The summed E-state index contributed by atoms with van der Waals surface area (Å²) in [6, 6.07) is 16.3. The minimum atomic E-state index is -0.609. The molecule has 0 spiro atoms. The Morgan fingerprint density at radius 3 is 2.56 bits per heavy atom. The van der Waals surface area contributed by atoms with Crippen molar-refractivity contribution in [1.29, 1.82) is 0 Å². The Labute approximate surface area is 190 Å². The Balaban J connectivity index is 1.20. The van der Waals surface area contributed by atoms with E-state index in [0.29, 0.717) is 6.54 Å². The lowest BCUT2D eigenvalue weighted by Crippen LogP contribution is -2.44. The van der Waals surface area contributed by atoms with Crippen molar-refractivity contribution in [3.05, 3.63) is 59.7 Å². The highest BCUT2D eigenvalue weighted by Crippen LogP contribution is 2.28. The molecule has 4 rings (SSSR count). The number of carbonyl (C=O) groups is 1. The predicted molar refractivity (Wildman–Crippen MR) is 126 cm³/mol. The highest BCUT2D eigenvalue weighted by atomic mass is 16.5. The molecule has 0 unspecified atom stereocenters. The van der Waals surface area contributed by atoms with Gasteiger partial charge in [0.25, 0.3) is 5.91 Å². The van der Waals surface area contributed by atoms with Crippen LogP contribution < -0.4 is 15.0 Å². The van der Waals surface area contributed by atoms with Gasteiger partial charge in [0.2, 0.25) is 0 Å². The number of likely N-dealkylation sites (N-methyl/N-ethyl adjacent to an activating group) is 1. The summed E-state index contributed by atoms with van der Waals surface area (Å²) in [6.45, 7) is 6.37. The molecule has 1 saturated heterocycles. The number of ether oxygens (including phenoxy) is 1. The van der Waals surface area contributed by atoms with Gasteiger partial charge in [0.1, 0.15) is 5.75 Å². The van der Waals surface area contributed by atoms with E-state index >= 15 is 0 Å². The number of piperazine rings is 1. The van der Waals surface area contributed by atoms with Crippen LogP contribution in [-0.4, -0.2) is 86.4 Å². The van der Waals surface area contributed by atoms with Crippen LogP contribution in [0, 0.1) is 0 Å². The van der Waals surface area contributed by atoms with Crippen LogP contribution in [0.1, 0.15) is 11.1 Å². The van der Waals surface area contributed by atoms with Gasteiger partial charge in [0.15, 0.2) is 6.61 Å². The summed E-state index contributed by atoms with van der Waals surface area (Å²) in [4.78, 5) is 19.2. The molecule has 2 heterocycles. The molecule has 0 aromatic heterocycles. The van der Waals surface area contributed by atoms with Crippen LogP contribution in [0.2, 0.25) is 0 Å². The molecule has 172 valence electrons. The molecule has 32 heavy (non-hydrogen) atoms. The molecule has 1 atom stereocenters. The first-order chi connectivity index (χ1) is 15.6. The molecular weight excluding hydrogens is 404 g/mol. The molecule has 1 amide bonds. The first kappa shape index (κ1) is 22.6. The van der Waals surface area contributed by atoms with Crippen LogP contribution in [0.5, 0.6) is 5.75 Å². The van der Waals surface area contributed by atoms with Gasteiger partial charge >= 0.3 is 0 Å². The van der Waals surface area contributed by atoms with Crippen molar-refractivity contribution in [3.63, 3.8) is 0 Å². The summed E-state index contributed by atoms with van der Waals surface area (Å²) in [6.07, 6.45) is 0.386. The summed E-state index contributed by atoms with van der Waals surface area (Å²) in [5.74, 6) is 0.501. The number of anilines is 1. The van der Waals surface area contributed by atoms with Crippen molar-refractivity contribution < 1.29 is 14.6 Å². The molecule has 0 bridgehead atoms. The first-order valence-corrected chi connectivity index (χ1v) is 11.5. The van der Waals surface area contributed by atoms with Gasteiger partial charge in [-0.05, 0) is 36.7 Å². The molecule has 7 nitrogen and oxygen atoms in total. The number of β-amino-alcohol motifs (C(OH)–C–C–N with tert-alkyl or cyclic N) is 1. The zero-order valence-electron chi connectivity index (χ0n) is 18.9. The molecular formula is C25H34N4O3. The number of aliphatic hydroxyl groups is 1. The third-order valence-corrected chi connectivity index (χ3v) is 6.28. The van der Waals surface area contributed by atoms with Crippen LogP contribution in [0.25, 0.3) is 0 Å². The fraction of sp³-hybridized carbons (Fsp3) is 0.480. The van der Waals surface area contributed by atoms with Gasteiger partial charge in [-0.25, -0.2) is 0 Å². The normalized spacial score (nSPS) is 18.1. The Kier molecular flexibility index (Phi) is 7.63. The van der Waals surface area contributed by atoms with Gasteiger partial charge in [-0.3, -0.25) is 9.69 Å². The molecule has 1 fully saturated rings. The van der Waals surface area contributed by atoms with Crippen molar-refractivity contribution >= 4 is 11.6 Å². The molecule has 7 heteroatoms. The highest BCUT2D eigenvalue weighted by molar-refractivity contribution is 5.77. The molecule has 2 aromatic rings. The maximum Gasteiger partial charge on any atom is 0.258 e. The molecule has 2 aliphatic rings. The minimum Gasteiger partial charge on any atom is -0.482 e. The standard InChI is InChI=1S/C25H34N4O3/c1-27-12-14-29(15-13-27)23-8-4-5-9-24(23)32-19-25(31)26-16-22(30)18-28-11-10-20-6-2-3-7-21(20)17-28/h2-9,22,30H,10-19H2,1H3,(H,26,31)/t22-/m1/s1. The van der Waals surface area contributed by atoms with E-state index in [0.717, 1.165) is 57.1 Å². The second-order valence-electron chi connectivity index (χ2n) is 8.76. The topological polar surface area (TPSA) is 68.3 Å². The number of amides is 1. The lowest BCUT2D eigenvalue weighted by Gasteiger charge is -2.34. The third kappa shape index (κ3) is 6.00. The van der Waals surface area contributed by atoms with E-state index in [9.17, 15) is 9.90 Å². The van der Waals surface area contributed by atoms with Crippen LogP contribution >= 0.6 is 0 Å². The van der Waals surface area contributed by atoms with E-state index in [1.165, 1.54) is 11.1 Å². The second kappa shape index (κ2) is 10.8. The minimum absolute atomic E-state index is 0.0609. The number of fused-ring (bicyclic) bond motifs is 1. The number of hydrogen-bond donors (Lipinski definition) is 2. The van der Waals surface area contributed by atoms with E-state index in [1.54, 1.807) is 0 Å². The third-order valence-electron chi connectivity index (χ3n) is 6.28. The lowest BCUT2D eigenvalue weighted by molar-refractivity contribution is -0.123. The van der Waals surface area contributed by atoms with Crippen molar-refractivity contribution in [3.8, 4) is 5.75 Å². The number of para-hydroxylation sites is 2. The van der Waals surface area contributed by atoms with Crippen LogP contribution in [0.3, 0.4) is 0 Å². The van der Waals surface area contributed by atoms with E-state index in [1.807, 2.05) is 24.3 Å². The molecule has 0 saturated carbocycles. The van der Waals surface area contributed by atoms with E-state index < -0.39 is 6.10 Å². The Hall–Kier alpha value is -2.61. The quantitative estimate of drug-likeness (QED) is 0.649. The highest BCUT2D eigenvalue weighted by Gasteiger charge is 2.20. The first-order valence-electron chi connectivity index (χ1n) is 11.5. The molecule has 2 N–H and O–H groups in total. The van der Waals surface area contributed by atoms with Crippen LogP contribution in [-0.2, 0) is 17.8 Å². The van der Waals surface area contributed by atoms with Gasteiger partial charge < -0.3 is 25.0 Å². The zero-order valence-corrected chi connectivity index (χ0v) is 18.9. The van der Waals surface area contributed by atoms with Crippen molar-refractivity contribution in [2.75, 3.05) is 64.4 Å². The number of benzene rings is 2. The maximum absolute atomic E-state index is 12.3. The smallest absolute Gasteiger partial charge is 0.258 e. The zero-order chi connectivity index (χ0) is 22.3. The largest absolute Gasteiger partial charge is 0.482 e. The van der Waals surface area contributed by atoms with Gasteiger partial charge in [-0.2, -0.15) is 0 Å². The van der Waals surface area contributed by atoms with E-state index in [2.05, 4.69) is 51.3 Å². The molecule has 0 radical (unpaired) electrons. The summed E-state index contributed by atoms with van der Waals surface area (Å²) in [7, 11) is 2.13. The SMILES string of the molecule is CN1CCN(c2ccccc2OCC(=O)NC[C@@H](O)CN2CCc3ccccc3C2)CC1. The summed E-state index contributed by atoms with van der Waals surface area (Å²) >= 11 is 0. The number of aliphatic hydroxyl groups excluding tert-OH is 1. The molecule has 2 aromatic carbocycles. The van der Waals surface area contributed by atoms with Crippen molar-refractivity contribution in [2.45, 2.75) is 19.1 Å². The Morgan fingerprint density at radius 1 is 1.03 bits per heavy atom. The fourth-order valence-electron chi connectivity index (χ4n) is 4.39. The predicted octanol–water partition coefficient (Wildman–Crippen LogP) is 1.35. The monoisotopic (exact) mass is 438 g/mol. The molecule has 2 aliphatic heterocycles. The Morgan fingerprint density at radius 2 is 1.75 bits per heavy atom. The van der Waals surface area contributed by atoms with Gasteiger partial charge in [0.05, 0.1) is 11.8 Å². The van der Waals surface area contributed by atoms with Crippen LogP contribution in [0.15, 0.2) is 48.5 Å². The number of nitrogens with zero attached hydrogens (tertiary/aromatic N) is 3. The number of rotatable bonds is 8. The summed E-state index contributed by atoms with van der Waals surface area (Å²) in [5, 5.41) is 13.2. The van der Waals surface area contributed by atoms with Gasteiger partial charge in [0, 0.05) is 52.4 Å². The second-order valence-corrected chi connectivity index (χ2v) is 8.76. The van der Waals surface area contributed by atoms with Gasteiger partial charge in [-0.1, -0.05) is 36.4 Å². The Bertz CT molecular complexity index is 898. The summed E-state index contributed by atoms with van der Waals surface area (Å²) in [5.41, 5.74) is 3.74. The summed E-state index contributed by atoms with van der Waals surface area (Å²) < 4.78 is 5.84. The average Bonchev–Trinajstić information content (AvgIpc) is 2.82. The van der Waals surface area contributed by atoms with E-state index in [-0.39, 0.29) is 19.1 Å². The number of nitrogens with one attached hydrogen (secondary N) is 1. The van der Waals surface area contributed by atoms with Crippen molar-refractivity contribution in [2.24, 2.45) is 0 Å². The maximum atomic E-state index is 12.3. The number of hydrogen-bond acceptors (Lipinski definition) is 6. The lowest BCUT2D eigenvalue weighted by atomic mass is 10.00. The number of carbonyl (C=O) groups excluding carboxylic acids is 1. The van der Waals surface area contributed by atoms with Gasteiger partial charge in [-0.15, -0.1) is 0 Å². The average molecular weight is 439 g/mol. The molecule has 0 aliphatic carbocycles. The van der Waals surface area contributed by atoms with E-state index in [4.69, 9.17) is 4.74 Å². The van der Waals surface area contributed by atoms with Crippen LogP contribution in [0.4, 0.5) is 5.69 Å².